The molecule has 3 atom stereocenters. The zero-order valence-electron chi connectivity index (χ0n) is 13.2. The van der Waals surface area contributed by atoms with E-state index in [9.17, 15) is 15.3 Å². The van der Waals surface area contributed by atoms with Gasteiger partial charge in [-0.25, -0.2) is 0 Å². The minimum atomic E-state index is -1.40. The van der Waals surface area contributed by atoms with Gasteiger partial charge in [0.25, 0.3) is 0 Å². The Morgan fingerprint density at radius 1 is 1.20 bits per heavy atom. The molecule has 0 bridgehead atoms. The first-order valence-electron chi connectivity index (χ1n) is 7.84. The maximum Gasteiger partial charge on any atom is 0.240 e. The van der Waals surface area contributed by atoms with Gasteiger partial charge in [0.2, 0.25) is 5.91 Å². The molecule has 1 saturated heterocycles. The van der Waals surface area contributed by atoms with Gasteiger partial charge in [0.05, 0.1) is 24.1 Å². The summed E-state index contributed by atoms with van der Waals surface area (Å²) in [6.07, 6.45) is 3.69. The molecular formula is C19H14N4OS. The third kappa shape index (κ3) is 1.95. The number of hydrogen-bond donors (Lipinski definition) is 1. The predicted molar refractivity (Wildman–Crippen MR) is 93.8 cm³/mol. The van der Waals surface area contributed by atoms with Gasteiger partial charge in [-0.15, -0.1) is 11.3 Å². The number of carbonyl (C=O) groups excluding carboxylic acids is 1. The molecule has 1 aromatic heterocycles. The maximum absolute atomic E-state index is 12.3. The van der Waals surface area contributed by atoms with E-state index in [4.69, 9.17) is 5.73 Å². The molecule has 122 valence electrons. The number of thiophene rings is 1. The molecule has 0 radical (unpaired) electrons. The lowest BCUT2D eigenvalue weighted by Gasteiger charge is -2.34. The van der Waals surface area contributed by atoms with E-state index in [1.54, 1.807) is 11.1 Å². The average Bonchev–Trinajstić information content (AvgIpc) is 3.25. The minimum absolute atomic E-state index is 0.528. The van der Waals surface area contributed by atoms with E-state index < -0.39 is 29.3 Å². The molecule has 1 aromatic carbocycles. The third-order valence-corrected chi connectivity index (χ3v) is 6.04. The van der Waals surface area contributed by atoms with Crippen molar-refractivity contribution in [2.45, 2.75) is 18.0 Å². The zero-order chi connectivity index (χ0) is 17.6. The van der Waals surface area contributed by atoms with Crippen molar-refractivity contribution in [2.75, 3.05) is 0 Å². The Kier molecular flexibility index (Phi) is 3.38. The second kappa shape index (κ2) is 5.47. The van der Waals surface area contributed by atoms with Crippen LogP contribution in [-0.2, 0) is 4.79 Å². The average molecular weight is 346 g/mol. The summed E-state index contributed by atoms with van der Waals surface area (Å²) in [5.41, 5.74) is 6.15. The number of nitriles is 2. The summed E-state index contributed by atoms with van der Waals surface area (Å²) < 4.78 is 0. The molecule has 2 aliphatic heterocycles. The molecular weight excluding hydrogens is 332 g/mol. The van der Waals surface area contributed by atoms with E-state index in [0.717, 1.165) is 16.0 Å². The van der Waals surface area contributed by atoms with Crippen LogP contribution in [0.5, 0.6) is 0 Å². The van der Waals surface area contributed by atoms with Crippen molar-refractivity contribution in [2.24, 2.45) is 11.1 Å². The van der Waals surface area contributed by atoms with Gasteiger partial charge in [-0.3, -0.25) is 4.79 Å². The maximum atomic E-state index is 12.3. The number of amides is 1. The van der Waals surface area contributed by atoms with Gasteiger partial charge in [-0.1, -0.05) is 30.3 Å². The summed E-state index contributed by atoms with van der Waals surface area (Å²) in [7, 11) is 0. The van der Waals surface area contributed by atoms with E-state index in [1.165, 1.54) is 11.3 Å². The van der Waals surface area contributed by atoms with Crippen LogP contribution in [0.1, 0.15) is 28.0 Å². The third-order valence-electron chi connectivity index (χ3n) is 5.08. The number of carbonyl (C=O) groups is 1. The number of nitrogens with zero attached hydrogens (tertiary/aromatic N) is 3. The Morgan fingerprint density at radius 3 is 2.60 bits per heavy atom. The first kappa shape index (κ1) is 15.4. The van der Waals surface area contributed by atoms with Crippen LogP contribution in [0.15, 0.2) is 48.0 Å². The predicted octanol–water partition coefficient (Wildman–Crippen LogP) is 2.76. The van der Waals surface area contributed by atoms with Crippen molar-refractivity contribution in [1.29, 1.82) is 10.5 Å². The van der Waals surface area contributed by atoms with Gasteiger partial charge in [0, 0.05) is 11.1 Å². The Hall–Kier alpha value is -3.09. The molecule has 0 aliphatic carbocycles. The van der Waals surface area contributed by atoms with E-state index in [-0.39, 0.29) is 0 Å². The number of rotatable bonds is 2. The van der Waals surface area contributed by atoms with Crippen LogP contribution in [0.3, 0.4) is 0 Å². The van der Waals surface area contributed by atoms with Gasteiger partial charge < -0.3 is 10.6 Å². The van der Waals surface area contributed by atoms with Crippen LogP contribution in [0, 0.1) is 28.1 Å². The first-order chi connectivity index (χ1) is 12.1. The molecule has 2 aromatic rings. The molecule has 0 saturated carbocycles. The van der Waals surface area contributed by atoms with Crippen molar-refractivity contribution >= 4 is 23.3 Å². The van der Waals surface area contributed by atoms with Crippen LogP contribution in [-0.4, -0.2) is 16.8 Å². The van der Waals surface area contributed by atoms with Crippen LogP contribution in [0.25, 0.3) is 6.08 Å². The summed E-state index contributed by atoms with van der Waals surface area (Å²) in [5.74, 6) is -1.12. The molecule has 0 spiro atoms. The van der Waals surface area contributed by atoms with Gasteiger partial charge >= 0.3 is 0 Å². The lowest BCUT2D eigenvalue weighted by molar-refractivity contribution is -0.122. The Morgan fingerprint density at radius 2 is 1.96 bits per heavy atom. The van der Waals surface area contributed by atoms with Crippen LogP contribution < -0.4 is 5.73 Å². The fraction of sp³-hybridized carbons (Fsp3) is 0.211. The highest BCUT2D eigenvalue weighted by Crippen LogP contribution is 2.59. The van der Waals surface area contributed by atoms with Gasteiger partial charge in [0.1, 0.15) is 6.04 Å². The molecule has 1 fully saturated rings. The van der Waals surface area contributed by atoms with Gasteiger partial charge in [-0.2, -0.15) is 10.5 Å². The summed E-state index contributed by atoms with van der Waals surface area (Å²) in [4.78, 5) is 14.9. The van der Waals surface area contributed by atoms with E-state index in [0.29, 0.717) is 0 Å². The van der Waals surface area contributed by atoms with Crippen molar-refractivity contribution in [3.63, 3.8) is 0 Å². The normalized spacial score (nSPS) is 25.5. The van der Waals surface area contributed by atoms with Crippen LogP contribution in [0.2, 0.25) is 0 Å². The molecule has 5 nitrogen and oxygen atoms in total. The molecule has 1 amide bonds. The van der Waals surface area contributed by atoms with Crippen molar-refractivity contribution in [3.8, 4) is 12.1 Å². The Bertz CT molecular complexity index is 937. The highest BCUT2D eigenvalue weighted by atomic mass is 32.1. The Balaban J connectivity index is 2.02. The minimum Gasteiger partial charge on any atom is -0.368 e. The van der Waals surface area contributed by atoms with Crippen LogP contribution >= 0.6 is 11.3 Å². The van der Waals surface area contributed by atoms with Crippen molar-refractivity contribution in [1.82, 2.24) is 4.90 Å². The second-order valence-corrected chi connectivity index (χ2v) is 7.21. The first-order valence-corrected chi connectivity index (χ1v) is 8.72. The monoisotopic (exact) mass is 346 g/mol. The lowest BCUT2D eigenvalue weighted by atomic mass is 9.70. The molecule has 4 rings (SSSR count). The number of primary amides is 1. The quantitative estimate of drug-likeness (QED) is 0.904. The number of benzene rings is 1. The second-order valence-electron chi connectivity index (χ2n) is 6.23. The van der Waals surface area contributed by atoms with Gasteiger partial charge in [-0.05, 0) is 28.6 Å². The SMILES string of the molecule is N#CC1(C#N)C(c2cccs2)C(C(N)=O)N2C=Cc3ccccc3C21. The highest BCUT2D eigenvalue weighted by Gasteiger charge is 2.63. The number of nitrogens with two attached hydrogens (primary N) is 1. The van der Waals surface area contributed by atoms with Crippen molar-refractivity contribution in [3.05, 3.63) is 64.0 Å². The van der Waals surface area contributed by atoms with E-state index in [1.807, 2.05) is 47.9 Å². The summed E-state index contributed by atoms with van der Waals surface area (Å²) in [6, 6.07) is 14.6. The highest BCUT2D eigenvalue weighted by molar-refractivity contribution is 7.10. The fourth-order valence-electron chi connectivity index (χ4n) is 4.10. The summed E-state index contributed by atoms with van der Waals surface area (Å²) in [5, 5.41) is 22.0. The Labute approximate surface area is 149 Å². The number of fused-ring (bicyclic) bond motifs is 3. The standard InChI is InChI=1S/C19H14N4OS/c20-10-19(11-21)15(14-6-3-9-25-14)16(18(22)24)23-8-7-12-4-1-2-5-13(12)17(19)23/h1-9,15-17H,(H2,22,24). The number of hydrogen-bond acceptors (Lipinski definition) is 5. The van der Waals surface area contributed by atoms with Crippen LogP contribution in [0.4, 0.5) is 0 Å². The molecule has 3 unspecified atom stereocenters. The molecule has 3 heterocycles. The molecule has 25 heavy (non-hydrogen) atoms. The summed E-state index contributed by atoms with van der Waals surface area (Å²) in [6.45, 7) is 0. The van der Waals surface area contributed by atoms with Gasteiger partial charge in [0.15, 0.2) is 5.41 Å². The zero-order valence-corrected chi connectivity index (χ0v) is 14.0. The topological polar surface area (TPSA) is 93.9 Å². The smallest absolute Gasteiger partial charge is 0.240 e. The fourth-order valence-corrected chi connectivity index (χ4v) is 5.03. The molecule has 2 N–H and O–H groups in total. The van der Waals surface area contributed by atoms with Crippen molar-refractivity contribution < 1.29 is 4.79 Å². The summed E-state index contributed by atoms with van der Waals surface area (Å²) >= 11 is 1.44. The van der Waals surface area contributed by atoms with E-state index >= 15 is 0 Å². The molecule has 2 aliphatic rings. The largest absolute Gasteiger partial charge is 0.368 e. The molecule has 6 heteroatoms. The van der Waals surface area contributed by atoms with E-state index in [2.05, 4.69) is 12.1 Å². The lowest BCUT2D eigenvalue weighted by Crippen LogP contribution is -2.41.